The summed E-state index contributed by atoms with van der Waals surface area (Å²) in [7, 11) is 2.11. The first-order valence-electron chi connectivity index (χ1n) is 5.79. The van der Waals surface area contributed by atoms with Gasteiger partial charge in [0.1, 0.15) is 5.75 Å². The van der Waals surface area contributed by atoms with Crippen LogP contribution in [0.3, 0.4) is 0 Å². The maximum atomic E-state index is 6.36. The molecule has 4 heteroatoms. The van der Waals surface area contributed by atoms with Gasteiger partial charge >= 0.3 is 0 Å². The third-order valence-corrected chi connectivity index (χ3v) is 4.03. The number of benzene rings is 1. The highest BCUT2D eigenvalue weighted by atomic mass is 79.9. The fourth-order valence-corrected chi connectivity index (χ4v) is 2.84. The minimum Gasteiger partial charge on any atom is -0.472 e. The van der Waals surface area contributed by atoms with Gasteiger partial charge in [0.15, 0.2) is 5.72 Å². The normalized spacial score (nSPS) is 32.5. The lowest BCUT2D eigenvalue weighted by Crippen LogP contribution is -2.61. The number of likely N-dealkylation sites (tertiary alicyclic amines) is 1. The van der Waals surface area contributed by atoms with E-state index in [1.54, 1.807) is 0 Å². The van der Waals surface area contributed by atoms with E-state index < -0.39 is 5.72 Å². The first kappa shape index (κ1) is 11.5. The molecule has 2 unspecified atom stereocenters. The van der Waals surface area contributed by atoms with E-state index in [2.05, 4.69) is 34.3 Å². The Hall–Kier alpha value is -0.580. The summed E-state index contributed by atoms with van der Waals surface area (Å²) < 4.78 is 7.04. The first-order chi connectivity index (χ1) is 8.07. The Labute approximate surface area is 110 Å². The molecule has 1 fully saturated rings. The van der Waals surface area contributed by atoms with Crippen molar-refractivity contribution in [2.75, 3.05) is 20.1 Å². The quantitative estimate of drug-likeness (QED) is 0.794. The van der Waals surface area contributed by atoms with E-state index in [1.807, 2.05) is 18.2 Å². The Morgan fingerprint density at radius 1 is 1.59 bits per heavy atom. The molecule has 0 saturated carbocycles. The Bertz CT molecular complexity index is 451. The predicted molar refractivity (Wildman–Crippen MR) is 69.6 cm³/mol. The smallest absolute Gasteiger partial charge is 0.164 e. The van der Waals surface area contributed by atoms with Crippen molar-refractivity contribution in [2.45, 2.75) is 12.1 Å². The number of hydrogen-bond donors (Lipinski definition) is 1. The Kier molecular flexibility index (Phi) is 2.69. The average molecular weight is 295 g/mol. The third kappa shape index (κ3) is 1.98. The number of ether oxygens (including phenoxy) is 1. The van der Waals surface area contributed by atoms with Gasteiger partial charge in [0.05, 0.1) is 0 Å². The summed E-state index contributed by atoms with van der Waals surface area (Å²) in [5.74, 6) is 0.986. The minimum atomic E-state index is -0.576. The van der Waals surface area contributed by atoms with Gasteiger partial charge in [-0.25, -0.2) is 0 Å². The van der Waals surface area contributed by atoms with Gasteiger partial charge in [-0.2, -0.15) is 0 Å². The summed E-state index contributed by atoms with van der Waals surface area (Å²) in [6.07, 6.45) is 4.33. The molecule has 3 rings (SSSR count). The van der Waals surface area contributed by atoms with Crippen LogP contribution in [0.4, 0.5) is 0 Å². The summed E-state index contributed by atoms with van der Waals surface area (Å²) in [5, 5.41) is 0. The van der Waals surface area contributed by atoms with Crippen molar-refractivity contribution < 1.29 is 4.74 Å². The van der Waals surface area contributed by atoms with E-state index in [4.69, 9.17) is 10.5 Å². The second kappa shape index (κ2) is 3.97. The van der Waals surface area contributed by atoms with E-state index in [9.17, 15) is 0 Å². The van der Waals surface area contributed by atoms with Crippen LogP contribution in [0.5, 0.6) is 5.75 Å². The fourth-order valence-electron chi connectivity index (χ4n) is 2.48. The maximum absolute atomic E-state index is 6.36. The zero-order valence-electron chi connectivity index (χ0n) is 9.74. The Balaban J connectivity index is 1.95. The summed E-state index contributed by atoms with van der Waals surface area (Å²) >= 11 is 3.47. The molecule has 3 nitrogen and oxygen atoms in total. The molecule has 2 aliphatic heterocycles. The third-order valence-electron chi connectivity index (χ3n) is 3.54. The van der Waals surface area contributed by atoms with Gasteiger partial charge in [0.25, 0.3) is 0 Å². The van der Waals surface area contributed by atoms with E-state index in [0.29, 0.717) is 0 Å². The average Bonchev–Trinajstić information content (AvgIpc) is 2.28. The number of nitrogens with zero attached hydrogens (tertiary/aromatic N) is 1. The van der Waals surface area contributed by atoms with Crippen molar-refractivity contribution in [3.63, 3.8) is 0 Å². The lowest BCUT2D eigenvalue weighted by Gasteiger charge is -2.47. The molecule has 90 valence electrons. The van der Waals surface area contributed by atoms with E-state index in [1.165, 1.54) is 0 Å². The molecule has 2 heterocycles. The van der Waals surface area contributed by atoms with Crippen LogP contribution >= 0.6 is 15.9 Å². The molecule has 0 bridgehead atoms. The number of fused-ring (bicyclic) bond motifs is 2. The monoisotopic (exact) mass is 294 g/mol. The molecule has 0 aliphatic carbocycles. The first-order valence-corrected chi connectivity index (χ1v) is 6.59. The van der Waals surface area contributed by atoms with Gasteiger partial charge in [-0.3, -0.25) is 5.73 Å². The largest absolute Gasteiger partial charge is 0.472 e. The van der Waals surface area contributed by atoms with Crippen LogP contribution in [0.15, 0.2) is 22.7 Å². The summed E-state index contributed by atoms with van der Waals surface area (Å²) in [4.78, 5) is 2.27. The molecule has 2 radical (unpaired) electrons. The van der Waals surface area contributed by atoms with E-state index in [0.717, 1.165) is 35.3 Å². The van der Waals surface area contributed by atoms with Crippen LogP contribution in [0.1, 0.15) is 12.0 Å². The van der Waals surface area contributed by atoms with Crippen molar-refractivity contribution in [1.29, 1.82) is 0 Å². The zero-order valence-corrected chi connectivity index (χ0v) is 11.3. The Morgan fingerprint density at radius 2 is 2.41 bits per heavy atom. The number of nitrogens with two attached hydrogens (primary N) is 1. The number of piperidine rings is 1. The zero-order chi connectivity index (χ0) is 12.0. The van der Waals surface area contributed by atoms with Gasteiger partial charge in [-0.15, -0.1) is 0 Å². The van der Waals surface area contributed by atoms with Gasteiger partial charge in [0, 0.05) is 41.9 Å². The van der Waals surface area contributed by atoms with Gasteiger partial charge in [0.2, 0.25) is 0 Å². The molecule has 2 atom stereocenters. The second-order valence-corrected chi connectivity index (χ2v) is 5.82. The topological polar surface area (TPSA) is 38.5 Å². The second-order valence-electron chi connectivity index (χ2n) is 4.91. The maximum Gasteiger partial charge on any atom is 0.164 e. The van der Waals surface area contributed by atoms with Gasteiger partial charge < -0.3 is 9.64 Å². The summed E-state index contributed by atoms with van der Waals surface area (Å²) in [6.45, 7) is 1.88. The number of hydrogen-bond acceptors (Lipinski definition) is 3. The van der Waals surface area contributed by atoms with Crippen LogP contribution in [-0.2, 0) is 0 Å². The summed E-state index contributed by atoms with van der Waals surface area (Å²) in [6, 6.07) is 5.96. The molecule has 0 spiro atoms. The summed E-state index contributed by atoms with van der Waals surface area (Å²) in [5.41, 5.74) is 6.79. The molecule has 0 amide bonds. The highest BCUT2D eigenvalue weighted by Gasteiger charge is 2.45. The lowest BCUT2D eigenvalue weighted by molar-refractivity contribution is -0.0357. The van der Waals surface area contributed by atoms with Crippen LogP contribution in [0, 0.1) is 12.3 Å². The number of rotatable bonds is 0. The van der Waals surface area contributed by atoms with Crippen molar-refractivity contribution in [3.05, 3.63) is 34.7 Å². The van der Waals surface area contributed by atoms with Gasteiger partial charge in [-0.1, -0.05) is 15.9 Å². The highest BCUT2D eigenvalue weighted by molar-refractivity contribution is 9.10. The molecule has 17 heavy (non-hydrogen) atoms. The molecular formula is C13H15BrN2O. The van der Waals surface area contributed by atoms with Crippen molar-refractivity contribution in [2.24, 2.45) is 11.7 Å². The highest BCUT2D eigenvalue weighted by Crippen LogP contribution is 2.40. The minimum absolute atomic E-state index is 0.142. The van der Waals surface area contributed by atoms with E-state index >= 15 is 0 Å². The Morgan fingerprint density at radius 3 is 3.24 bits per heavy atom. The van der Waals surface area contributed by atoms with Crippen LogP contribution in [-0.4, -0.2) is 30.8 Å². The molecule has 1 aromatic carbocycles. The number of halogens is 1. The molecule has 2 aliphatic rings. The SMILES string of the molecule is CN1CCC2(N)Oc3ccc(Br)cc3[C]C2C1. The van der Waals surface area contributed by atoms with Crippen LogP contribution < -0.4 is 10.5 Å². The predicted octanol–water partition coefficient (Wildman–Crippen LogP) is 1.88. The van der Waals surface area contributed by atoms with Crippen LogP contribution in [0.2, 0.25) is 0 Å². The van der Waals surface area contributed by atoms with Crippen molar-refractivity contribution >= 4 is 15.9 Å². The molecule has 1 aromatic rings. The van der Waals surface area contributed by atoms with Crippen LogP contribution in [0.25, 0.3) is 0 Å². The molecule has 1 saturated heterocycles. The molecular weight excluding hydrogens is 280 g/mol. The standard InChI is InChI=1S/C13H15BrN2O/c1-16-5-4-13(15)10(8-16)6-9-7-11(14)2-3-12(9)17-13/h2-3,7,10H,4-5,8,15H2,1H3. The van der Waals surface area contributed by atoms with Gasteiger partial charge in [-0.05, 0) is 25.2 Å². The van der Waals surface area contributed by atoms with E-state index in [-0.39, 0.29) is 5.92 Å². The lowest BCUT2D eigenvalue weighted by atomic mass is 9.81. The van der Waals surface area contributed by atoms with Crippen molar-refractivity contribution in [3.8, 4) is 5.75 Å². The molecule has 0 aromatic heterocycles. The van der Waals surface area contributed by atoms with Crippen molar-refractivity contribution in [1.82, 2.24) is 4.90 Å². The fraction of sp³-hybridized carbons (Fsp3) is 0.462. The molecule has 2 N–H and O–H groups in total.